The molecular weight excluding hydrogens is 453 g/mol. The average molecular weight is 482 g/mol. The third-order valence-electron chi connectivity index (χ3n) is 6.03. The number of carbonyl (C=O) groups excluding carboxylic acids is 2. The molecule has 2 atom stereocenters. The van der Waals surface area contributed by atoms with Gasteiger partial charge in [0, 0.05) is 6.54 Å². The van der Waals surface area contributed by atoms with Gasteiger partial charge in [-0.1, -0.05) is 19.1 Å². The summed E-state index contributed by atoms with van der Waals surface area (Å²) in [6.45, 7) is 4.88. The second-order valence-electron chi connectivity index (χ2n) is 8.26. The van der Waals surface area contributed by atoms with E-state index in [1.807, 2.05) is 18.4 Å². The highest BCUT2D eigenvalue weighted by Gasteiger charge is 2.28. The zero-order chi connectivity index (χ0) is 24.9. The van der Waals surface area contributed by atoms with Crippen molar-refractivity contribution >= 4 is 11.8 Å². The topological polar surface area (TPSA) is 107 Å². The summed E-state index contributed by atoms with van der Waals surface area (Å²) < 4.78 is 25.7. The van der Waals surface area contributed by atoms with Crippen molar-refractivity contribution < 1.29 is 23.5 Å². The molecule has 0 spiro atoms. The van der Waals surface area contributed by atoms with Crippen LogP contribution in [0.25, 0.3) is 0 Å². The number of aromatic nitrogens is 3. The van der Waals surface area contributed by atoms with Crippen LogP contribution in [0.1, 0.15) is 70.1 Å². The number of nitrogens with one attached hydrogen (secondary N) is 2. The van der Waals surface area contributed by atoms with Gasteiger partial charge in [0.15, 0.2) is 0 Å². The molecule has 2 aromatic heterocycles. The monoisotopic (exact) mass is 481 g/mol. The zero-order valence-electron chi connectivity index (χ0n) is 19.9. The molecular formula is C25H28FN5O4. The largest absolute Gasteiger partial charge is 0.480 e. The summed E-state index contributed by atoms with van der Waals surface area (Å²) in [7, 11) is 1.51. The fraction of sp³-hybridized carbons (Fsp3) is 0.360. The van der Waals surface area contributed by atoms with Gasteiger partial charge in [0.1, 0.15) is 11.5 Å². The van der Waals surface area contributed by atoms with Gasteiger partial charge in [0.05, 0.1) is 61.8 Å². The van der Waals surface area contributed by atoms with Crippen molar-refractivity contribution in [3.63, 3.8) is 0 Å². The number of ether oxygens (including phenoxy) is 2. The van der Waals surface area contributed by atoms with E-state index in [-0.39, 0.29) is 36.3 Å². The van der Waals surface area contributed by atoms with Crippen LogP contribution in [-0.4, -0.2) is 40.1 Å². The van der Waals surface area contributed by atoms with E-state index in [4.69, 9.17) is 9.47 Å². The zero-order valence-corrected chi connectivity index (χ0v) is 19.9. The molecule has 9 nitrogen and oxygen atoms in total. The molecule has 1 aliphatic heterocycles. The molecule has 0 saturated heterocycles. The summed E-state index contributed by atoms with van der Waals surface area (Å²) in [5, 5.41) is 5.93. The van der Waals surface area contributed by atoms with Crippen molar-refractivity contribution in [3.8, 4) is 5.88 Å². The van der Waals surface area contributed by atoms with E-state index in [0.29, 0.717) is 48.1 Å². The van der Waals surface area contributed by atoms with E-state index in [0.717, 1.165) is 5.56 Å². The molecule has 1 aliphatic rings. The molecule has 2 unspecified atom stereocenters. The maximum absolute atomic E-state index is 13.3. The fourth-order valence-electron chi connectivity index (χ4n) is 4.05. The van der Waals surface area contributed by atoms with Crippen LogP contribution in [0.3, 0.4) is 0 Å². The molecule has 0 aliphatic carbocycles. The number of halogens is 1. The molecule has 2 amide bonds. The second-order valence-corrected chi connectivity index (χ2v) is 8.26. The summed E-state index contributed by atoms with van der Waals surface area (Å²) in [6.07, 6.45) is 3.67. The summed E-state index contributed by atoms with van der Waals surface area (Å²) >= 11 is 0. The number of fused-ring (bicyclic) bond motifs is 1. The molecule has 0 bridgehead atoms. The highest BCUT2D eigenvalue weighted by molar-refractivity contribution is 6.01. The Hall–Kier alpha value is -3.79. The minimum Gasteiger partial charge on any atom is -0.480 e. The number of hydrogen-bond donors (Lipinski definition) is 2. The van der Waals surface area contributed by atoms with Crippen LogP contribution in [0.4, 0.5) is 4.39 Å². The number of benzene rings is 1. The molecule has 0 fully saturated rings. The summed E-state index contributed by atoms with van der Waals surface area (Å²) in [4.78, 5) is 34.9. The van der Waals surface area contributed by atoms with Crippen molar-refractivity contribution in [1.29, 1.82) is 0 Å². The van der Waals surface area contributed by atoms with Gasteiger partial charge >= 0.3 is 0 Å². The van der Waals surface area contributed by atoms with Gasteiger partial charge in [-0.25, -0.2) is 9.37 Å². The third kappa shape index (κ3) is 5.32. The predicted octanol–water partition coefficient (Wildman–Crippen LogP) is 3.33. The van der Waals surface area contributed by atoms with E-state index in [1.54, 1.807) is 24.4 Å². The first-order valence-electron chi connectivity index (χ1n) is 11.4. The maximum atomic E-state index is 13.3. The van der Waals surface area contributed by atoms with Crippen molar-refractivity contribution in [2.24, 2.45) is 0 Å². The molecule has 35 heavy (non-hydrogen) atoms. The van der Waals surface area contributed by atoms with E-state index in [2.05, 4.69) is 20.6 Å². The molecule has 10 heteroatoms. The highest BCUT2D eigenvalue weighted by atomic mass is 19.1. The Morgan fingerprint density at radius 3 is 2.60 bits per heavy atom. The van der Waals surface area contributed by atoms with E-state index >= 15 is 0 Å². The Balaban J connectivity index is 1.55. The first-order chi connectivity index (χ1) is 16.9. The lowest BCUT2D eigenvalue weighted by molar-refractivity contribution is 0.0774. The Kier molecular flexibility index (Phi) is 7.40. The number of carbonyl (C=O) groups is 2. The number of rotatable bonds is 8. The van der Waals surface area contributed by atoms with Crippen LogP contribution in [0.15, 0.2) is 42.7 Å². The Labute approximate surface area is 202 Å². The quantitative estimate of drug-likeness (QED) is 0.511. The Morgan fingerprint density at radius 2 is 1.94 bits per heavy atom. The number of amides is 2. The number of nitrogens with zero attached hydrogens (tertiary/aromatic N) is 3. The van der Waals surface area contributed by atoms with E-state index in [1.165, 1.54) is 25.4 Å². The van der Waals surface area contributed by atoms with Crippen LogP contribution in [0.2, 0.25) is 0 Å². The lowest BCUT2D eigenvalue weighted by atomic mass is 10.1. The van der Waals surface area contributed by atoms with E-state index in [9.17, 15) is 14.0 Å². The van der Waals surface area contributed by atoms with Crippen molar-refractivity contribution in [2.45, 2.75) is 45.5 Å². The SMILES string of the molecule is CCC(NC(=O)c1cc(C(=O)NC(C)c2ccc(F)cc2)n2c1COCC2)c1cnc(OC)cn1. The Morgan fingerprint density at radius 1 is 1.17 bits per heavy atom. The van der Waals surface area contributed by atoms with Gasteiger partial charge in [-0.15, -0.1) is 0 Å². The maximum Gasteiger partial charge on any atom is 0.268 e. The lowest BCUT2D eigenvalue weighted by Crippen LogP contribution is -2.31. The second kappa shape index (κ2) is 10.6. The summed E-state index contributed by atoms with van der Waals surface area (Å²) in [5.74, 6) is -0.597. The van der Waals surface area contributed by atoms with Gasteiger partial charge in [0.25, 0.3) is 11.8 Å². The highest BCUT2D eigenvalue weighted by Crippen LogP contribution is 2.24. The molecule has 184 valence electrons. The van der Waals surface area contributed by atoms with Crippen LogP contribution >= 0.6 is 0 Å². The van der Waals surface area contributed by atoms with Crippen LogP contribution in [0, 0.1) is 5.82 Å². The minimum absolute atomic E-state index is 0.225. The van der Waals surface area contributed by atoms with Crippen LogP contribution < -0.4 is 15.4 Å². The van der Waals surface area contributed by atoms with Crippen LogP contribution in [-0.2, 0) is 17.9 Å². The molecule has 4 rings (SSSR count). The van der Waals surface area contributed by atoms with Crippen molar-refractivity contribution in [3.05, 3.63) is 76.8 Å². The first-order valence-corrected chi connectivity index (χ1v) is 11.4. The normalized spacial score (nSPS) is 14.5. The smallest absolute Gasteiger partial charge is 0.268 e. The number of methoxy groups -OCH3 is 1. The average Bonchev–Trinajstić information content (AvgIpc) is 3.27. The van der Waals surface area contributed by atoms with Gasteiger partial charge in [-0.3, -0.25) is 14.6 Å². The van der Waals surface area contributed by atoms with E-state index < -0.39 is 0 Å². The molecule has 0 radical (unpaired) electrons. The summed E-state index contributed by atoms with van der Waals surface area (Å²) in [6, 6.07) is 6.86. The van der Waals surface area contributed by atoms with Gasteiger partial charge in [-0.2, -0.15) is 0 Å². The Bertz CT molecular complexity index is 1190. The minimum atomic E-state index is -0.364. The third-order valence-corrected chi connectivity index (χ3v) is 6.03. The standard InChI is InChI=1S/C25H28FN5O4/c1-4-19(20-12-28-23(34-3)13-27-20)30-24(32)18-11-21(31-9-10-35-14-22(18)31)25(33)29-15(2)16-5-7-17(26)8-6-16/h5-8,11-13,15,19H,4,9-10,14H2,1-3H3,(H,29,33)(H,30,32). The molecule has 1 aromatic carbocycles. The van der Waals surface area contributed by atoms with Crippen molar-refractivity contribution in [1.82, 2.24) is 25.2 Å². The molecule has 3 aromatic rings. The predicted molar refractivity (Wildman–Crippen MR) is 125 cm³/mol. The fourth-order valence-corrected chi connectivity index (χ4v) is 4.05. The molecule has 0 saturated carbocycles. The first kappa shape index (κ1) is 24.3. The lowest BCUT2D eigenvalue weighted by Gasteiger charge is -2.21. The molecule has 3 heterocycles. The van der Waals surface area contributed by atoms with Gasteiger partial charge in [-0.05, 0) is 37.1 Å². The van der Waals surface area contributed by atoms with Crippen molar-refractivity contribution in [2.75, 3.05) is 13.7 Å². The van der Waals surface area contributed by atoms with Gasteiger partial charge < -0.3 is 24.7 Å². The number of hydrogen-bond acceptors (Lipinski definition) is 6. The van der Waals surface area contributed by atoms with Crippen LogP contribution in [0.5, 0.6) is 5.88 Å². The van der Waals surface area contributed by atoms with Gasteiger partial charge in [0.2, 0.25) is 5.88 Å². The summed E-state index contributed by atoms with van der Waals surface area (Å²) in [5.41, 5.74) is 2.78. The molecule has 2 N–H and O–H groups in total.